The average Bonchev–Trinajstić information content (AvgIpc) is 3.21. The predicted molar refractivity (Wildman–Crippen MR) is 104 cm³/mol. The van der Waals surface area contributed by atoms with Crippen LogP contribution in [0.4, 0.5) is 4.39 Å². The summed E-state index contributed by atoms with van der Waals surface area (Å²) in [5.74, 6) is 0.717. The topological polar surface area (TPSA) is 49.0 Å². The van der Waals surface area contributed by atoms with E-state index in [1.807, 2.05) is 42.2 Å². The minimum Gasteiger partial charge on any atom is -0.342 e. The Morgan fingerprint density at radius 3 is 2.78 bits per heavy atom. The second-order valence-electron chi connectivity index (χ2n) is 7.51. The van der Waals surface area contributed by atoms with Crippen molar-refractivity contribution >= 4 is 16.9 Å². The zero-order valence-electron chi connectivity index (χ0n) is 15.7. The number of aromatic amines is 1. The number of aromatic nitrogens is 2. The summed E-state index contributed by atoms with van der Waals surface area (Å²) in [5.41, 5.74) is 3.59. The van der Waals surface area contributed by atoms with Gasteiger partial charge in [0.25, 0.3) is 5.91 Å². The van der Waals surface area contributed by atoms with Crippen molar-refractivity contribution in [3.63, 3.8) is 0 Å². The predicted octanol–water partition coefficient (Wildman–Crippen LogP) is 4.64. The molecule has 1 aliphatic heterocycles. The van der Waals surface area contributed by atoms with E-state index in [1.54, 1.807) is 0 Å². The Kier molecular flexibility index (Phi) is 4.68. The van der Waals surface area contributed by atoms with Crippen molar-refractivity contribution in [1.29, 1.82) is 0 Å². The molecule has 0 spiro atoms. The van der Waals surface area contributed by atoms with Crippen LogP contribution in [0, 0.1) is 12.7 Å². The van der Waals surface area contributed by atoms with Gasteiger partial charge in [-0.15, -0.1) is 0 Å². The normalized spacial score (nSPS) is 19.7. The van der Waals surface area contributed by atoms with Crippen LogP contribution < -0.4 is 0 Å². The number of nitrogens with one attached hydrogen (secondary N) is 1. The number of nitrogens with zero attached hydrogens (tertiary/aromatic N) is 2. The number of H-pyrrole nitrogens is 1. The fraction of sp³-hybridized carbons (Fsp3) is 0.364. The van der Waals surface area contributed by atoms with E-state index in [-0.39, 0.29) is 23.8 Å². The standard InChI is InChI=1S/C22H24FN3O/c1-14-3-10-19(11-6-16-4-8-18(23)9-5-16)26(14)22(27)17-7-12-20-21(13-17)25-15(2)24-20/h4-5,7-9,12-14,19H,3,6,10-11H2,1-2H3,(H,24,25)/t14-,19-/m1/s1. The first-order valence-corrected chi connectivity index (χ1v) is 9.55. The second-order valence-corrected chi connectivity index (χ2v) is 7.51. The lowest BCUT2D eigenvalue weighted by molar-refractivity contribution is 0.0673. The molecule has 27 heavy (non-hydrogen) atoms. The smallest absolute Gasteiger partial charge is 0.254 e. The van der Waals surface area contributed by atoms with E-state index in [4.69, 9.17) is 0 Å². The number of imidazole rings is 1. The van der Waals surface area contributed by atoms with Crippen LogP contribution >= 0.6 is 0 Å². The third-order valence-corrected chi connectivity index (χ3v) is 5.55. The van der Waals surface area contributed by atoms with Gasteiger partial charge in [-0.1, -0.05) is 12.1 Å². The quantitative estimate of drug-likeness (QED) is 0.732. The van der Waals surface area contributed by atoms with Gasteiger partial charge in [-0.25, -0.2) is 9.37 Å². The van der Waals surface area contributed by atoms with Crippen LogP contribution in [0.1, 0.15) is 47.9 Å². The van der Waals surface area contributed by atoms with E-state index >= 15 is 0 Å². The third-order valence-electron chi connectivity index (χ3n) is 5.55. The Bertz CT molecular complexity index is 963. The summed E-state index contributed by atoms with van der Waals surface area (Å²) in [6.45, 7) is 4.03. The van der Waals surface area contributed by atoms with Gasteiger partial charge in [0.15, 0.2) is 0 Å². The molecule has 1 aromatic heterocycles. The minimum atomic E-state index is -0.213. The van der Waals surface area contributed by atoms with Gasteiger partial charge < -0.3 is 9.88 Å². The molecule has 1 fully saturated rings. The number of halogens is 1. The number of benzene rings is 2. The first kappa shape index (κ1) is 17.7. The molecule has 4 rings (SSSR count). The van der Waals surface area contributed by atoms with Crippen molar-refractivity contribution in [3.8, 4) is 0 Å². The van der Waals surface area contributed by atoms with E-state index in [9.17, 15) is 9.18 Å². The second kappa shape index (κ2) is 7.14. The van der Waals surface area contributed by atoms with Crippen LogP contribution in [0.25, 0.3) is 11.0 Å². The van der Waals surface area contributed by atoms with Crippen LogP contribution in [0.3, 0.4) is 0 Å². The van der Waals surface area contributed by atoms with E-state index in [0.29, 0.717) is 5.56 Å². The lowest BCUT2D eigenvalue weighted by atomic mass is 10.0. The Morgan fingerprint density at radius 1 is 1.22 bits per heavy atom. The summed E-state index contributed by atoms with van der Waals surface area (Å²) in [5, 5.41) is 0. The van der Waals surface area contributed by atoms with Crippen LogP contribution in [-0.2, 0) is 6.42 Å². The molecule has 2 heterocycles. The Balaban J connectivity index is 1.51. The number of hydrogen-bond donors (Lipinski definition) is 1. The van der Waals surface area contributed by atoms with Crippen molar-refractivity contribution in [1.82, 2.24) is 14.9 Å². The molecule has 0 bridgehead atoms. The molecule has 1 saturated heterocycles. The molecular weight excluding hydrogens is 341 g/mol. The largest absolute Gasteiger partial charge is 0.342 e. The molecule has 0 unspecified atom stereocenters. The van der Waals surface area contributed by atoms with E-state index in [1.165, 1.54) is 12.1 Å². The van der Waals surface area contributed by atoms with Crippen molar-refractivity contribution in [2.45, 2.75) is 51.6 Å². The molecule has 5 heteroatoms. The lowest BCUT2D eigenvalue weighted by Crippen LogP contribution is -2.40. The first-order valence-electron chi connectivity index (χ1n) is 9.55. The average molecular weight is 365 g/mol. The minimum absolute atomic E-state index is 0.0817. The van der Waals surface area contributed by atoms with Crippen LogP contribution in [0.5, 0.6) is 0 Å². The molecule has 0 aliphatic carbocycles. The number of hydrogen-bond acceptors (Lipinski definition) is 2. The Labute approximate surface area is 158 Å². The highest BCUT2D eigenvalue weighted by Crippen LogP contribution is 2.29. The van der Waals surface area contributed by atoms with Gasteiger partial charge in [-0.3, -0.25) is 4.79 Å². The first-order chi connectivity index (χ1) is 13.0. The van der Waals surface area contributed by atoms with Crippen molar-refractivity contribution in [3.05, 3.63) is 65.2 Å². The zero-order chi connectivity index (χ0) is 19.0. The summed E-state index contributed by atoms with van der Waals surface area (Å²) < 4.78 is 13.1. The summed E-state index contributed by atoms with van der Waals surface area (Å²) in [6, 6.07) is 12.8. The summed E-state index contributed by atoms with van der Waals surface area (Å²) >= 11 is 0. The lowest BCUT2D eigenvalue weighted by Gasteiger charge is -2.29. The van der Waals surface area contributed by atoms with Gasteiger partial charge >= 0.3 is 0 Å². The molecule has 1 amide bonds. The molecule has 2 atom stereocenters. The number of carbonyl (C=O) groups is 1. The zero-order valence-corrected chi connectivity index (χ0v) is 15.7. The summed E-state index contributed by atoms with van der Waals surface area (Å²) in [7, 11) is 0. The Hall–Kier alpha value is -2.69. The van der Waals surface area contributed by atoms with Gasteiger partial charge in [-0.2, -0.15) is 0 Å². The summed E-state index contributed by atoms with van der Waals surface area (Å²) in [6.07, 6.45) is 3.78. The molecule has 0 radical (unpaired) electrons. The number of fused-ring (bicyclic) bond motifs is 1. The molecule has 1 N–H and O–H groups in total. The number of likely N-dealkylation sites (tertiary alicyclic amines) is 1. The number of rotatable bonds is 4. The van der Waals surface area contributed by atoms with E-state index in [0.717, 1.165) is 48.1 Å². The van der Waals surface area contributed by atoms with Crippen LogP contribution in [0.15, 0.2) is 42.5 Å². The molecular formula is C22H24FN3O. The maximum absolute atomic E-state index is 13.2. The number of carbonyl (C=O) groups excluding carboxylic acids is 1. The van der Waals surface area contributed by atoms with Gasteiger partial charge in [0.1, 0.15) is 11.6 Å². The van der Waals surface area contributed by atoms with Gasteiger partial charge in [-0.05, 0) is 75.4 Å². The maximum atomic E-state index is 13.2. The monoisotopic (exact) mass is 365 g/mol. The highest BCUT2D eigenvalue weighted by Gasteiger charge is 2.34. The van der Waals surface area contributed by atoms with Crippen molar-refractivity contribution < 1.29 is 9.18 Å². The molecule has 1 aliphatic rings. The van der Waals surface area contributed by atoms with Crippen molar-refractivity contribution in [2.75, 3.05) is 0 Å². The third kappa shape index (κ3) is 3.59. The molecule has 0 saturated carbocycles. The summed E-state index contributed by atoms with van der Waals surface area (Å²) in [4.78, 5) is 22.9. The highest BCUT2D eigenvalue weighted by molar-refractivity contribution is 5.97. The number of aryl methyl sites for hydroxylation is 2. The van der Waals surface area contributed by atoms with Gasteiger partial charge in [0.05, 0.1) is 11.0 Å². The fourth-order valence-corrected chi connectivity index (χ4v) is 4.12. The van der Waals surface area contributed by atoms with E-state index < -0.39 is 0 Å². The fourth-order valence-electron chi connectivity index (χ4n) is 4.12. The Morgan fingerprint density at radius 2 is 2.00 bits per heavy atom. The van der Waals surface area contributed by atoms with Crippen LogP contribution in [-0.4, -0.2) is 32.9 Å². The number of amides is 1. The van der Waals surface area contributed by atoms with Gasteiger partial charge in [0.2, 0.25) is 0 Å². The van der Waals surface area contributed by atoms with Crippen LogP contribution in [0.2, 0.25) is 0 Å². The van der Waals surface area contributed by atoms with E-state index in [2.05, 4.69) is 16.9 Å². The maximum Gasteiger partial charge on any atom is 0.254 e. The van der Waals surface area contributed by atoms with Gasteiger partial charge in [0, 0.05) is 17.6 Å². The highest BCUT2D eigenvalue weighted by atomic mass is 19.1. The molecule has 2 aromatic carbocycles. The molecule has 140 valence electrons. The molecule has 4 nitrogen and oxygen atoms in total. The van der Waals surface area contributed by atoms with Crippen molar-refractivity contribution in [2.24, 2.45) is 0 Å². The molecule has 3 aromatic rings. The SMILES string of the molecule is Cc1nc2ccc(C(=O)N3[C@@H](CCc4ccc(F)cc4)CC[C@H]3C)cc2[nH]1.